The molecule has 0 N–H and O–H groups in total. The van der Waals surface area contributed by atoms with Gasteiger partial charge in [-0.25, -0.2) is 0 Å². The maximum atomic E-state index is 10.7. The van der Waals surface area contributed by atoms with E-state index in [-0.39, 0.29) is 5.97 Å². The Bertz CT molecular complexity index is 424. The van der Waals surface area contributed by atoms with Crippen molar-refractivity contribution >= 4 is 5.97 Å². The minimum absolute atomic E-state index is 0.256. The highest BCUT2D eigenvalue weighted by atomic mass is 16.5. The van der Waals surface area contributed by atoms with Crippen LogP contribution in [-0.2, 0) is 16.1 Å². The summed E-state index contributed by atoms with van der Waals surface area (Å²) in [6.45, 7) is 6.10. The number of esters is 1. The molecule has 0 unspecified atom stereocenters. The lowest BCUT2D eigenvalue weighted by Gasteiger charge is -2.26. The highest BCUT2D eigenvalue weighted by molar-refractivity contribution is 5.65. The topological polar surface area (TPSA) is 38.8 Å². The Morgan fingerprint density at radius 1 is 1.14 bits per heavy atom. The average Bonchev–Trinajstić information content (AvgIpc) is 2.52. The molecule has 4 heteroatoms. The number of benzene rings is 1. The second-order valence-corrected chi connectivity index (χ2v) is 5.53. The molecule has 1 aromatic rings. The van der Waals surface area contributed by atoms with Gasteiger partial charge in [-0.05, 0) is 50.0 Å². The van der Waals surface area contributed by atoms with Gasteiger partial charge in [0.25, 0.3) is 0 Å². The van der Waals surface area contributed by atoms with Crippen molar-refractivity contribution in [2.45, 2.75) is 39.2 Å². The minimum Gasteiger partial charge on any atom is -0.494 e. The average molecular weight is 291 g/mol. The van der Waals surface area contributed by atoms with E-state index in [0.717, 1.165) is 30.9 Å². The molecule has 0 amide bonds. The highest BCUT2D eigenvalue weighted by Crippen LogP contribution is 2.14. The lowest BCUT2D eigenvalue weighted by Crippen LogP contribution is -2.31. The van der Waals surface area contributed by atoms with Crippen molar-refractivity contribution in [1.29, 1.82) is 0 Å². The predicted molar refractivity (Wildman–Crippen MR) is 82.3 cm³/mol. The molecule has 4 nitrogen and oxygen atoms in total. The van der Waals surface area contributed by atoms with E-state index in [2.05, 4.69) is 4.90 Å². The smallest absolute Gasteiger partial charge is 0.302 e. The molecule has 1 aliphatic heterocycles. The summed E-state index contributed by atoms with van der Waals surface area (Å²) in [5.41, 5.74) is 0.978. The molecule has 1 aromatic carbocycles. The van der Waals surface area contributed by atoms with E-state index in [1.807, 2.05) is 24.3 Å². The van der Waals surface area contributed by atoms with Crippen LogP contribution in [0.3, 0.4) is 0 Å². The zero-order valence-corrected chi connectivity index (χ0v) is 12.8. The monoisotopic (exact) mass is 291 g/mol. The first-order valence-electron chi connectivity index (χ1n) is 7.81. The van der Waals surface area contributed by atoms with Crippen LogP contribution in [0.5, 0.6) is 5.75 Å². The fourth-order valence-corrected chi connectivity index (χ4v) is 2.53. The van der Waals surface area contributed by atoms with Crippen molar-refractivity contribution in [3.05, 3.63) is 29.8 Å². The second kappa shape index (κ2) is 8.67. The first kappa shape index (κ1) is 15.8. The van der Waals surface area contributed by atoms with Gasteiger partial charge in [-0.2, -0.15) is 0 Å². The van der Waals surface area contributed by atoms with E-state index in [0.29, 0.717) is 6.61 Å². The number of rotatable bonds is 7. The number of nitrogens with zero attached hydrogens (tertiary/aromatic N) is 1. The third-order valence-corrected chi connectivity index (χ3v) is 3.70. The van der Waals surface area contributed by atoms with E-state index in [1.165, 1.54) is 39.3 Å². The molecule has 0 aromatic heterocycles. The third-order valence-electron chi connectivity index (χ3n) is 3.70. The molecule has 116 valence electrons. The number of ether oxygens (including phenoxy) is 2. The lowest BCUT2D eigenvalue weighted by atomic mass is 10.1. The summed E-state index contributed by atoms with van der Waals surface area (Å²) in [5.74, 6) is 0.619. The summed E-state index contributed by atoms with van der Waals surface area (Å²) >= 11 is 0. The van der Waals surface area contributed by atoms with Crippen molar-refractivity contribution in [2.75, 3.05) is 26.2 Å². The van der Waals surface area contributed by atoms with Gasteiger partial charge in [-0.1, -0.05) is 18.6 Å². The van der Waals surface area contributed by atoms with Gasteiger partial charge in [-0.15, -0.1) is 0 Å². The van der Waals surface area contributed by atoms with E-state index in [4.69, 9.17) is 9.47 Å². The molecule has 0 spiro atoms. The molecule has 0 radical (unpaired) electrons. The van der Waals surface area contributed by atoms with Gasteiger partial charge >= 0.3 is 5.97 Å². The van der Waals surface area contributed by atoms with Crippen molar-refractivity contribution in [1.82, 2.24) is 4.90 Å². The maximum absolute atomic E-state index is 10.7. The number of hydrogen-bond acceptors (Lipinski definition) is 4. The Morgan fingerprint density at radius 2 is 1.86 bits per heavy atom. The molecule has 1 fully saturated rings. The number of hydrogen-bond donors (Lipinski definition) is 0. The molecule has 0 saturated carbocycles. The van der Waals surface area contributed by atoms with Gasteiger partial charge in [0.1, 0.15) is 12.4 Å². The normalized spacial score (nSPS) is 15.7. The Balaban J connectivity index is 1.62. The maximum Gasteiger partial charge on any atom is 0.302 e. The molecule has 0 aliphatic carbocycles. The van der Waals surface area contributed by atoms with Crippen LogP contribution in [0.1, 0.15) is 38.2 Å². The fourth-order valence-electron chi connectivity index (χ4n) is 2.53. The van der Waals surface area contributed by atoms with Gasteiger partial charge in [0.15, 0.2) is 0 Å². The van der Waals surface area contributed by atoms with Gasteiger partial charge in [0.2, 0.25) is 0 Å². The fraction of sp³-hybridized carbons (Fsp3) is 0.588. The van der Waals surface area contributed by atoms with E-state index in [1.54, 1.807) is 0 Å². The first-order chi connectivity index (χ1) is 10.2. The summed E-state index contributed by atoms with van der Waals surface area (Å²) in [4.78, 5) is 13.3. The van der Waals surface area contributed by atoms with Crippen LogP contribution >= 0.6 is 0 Å². The number of likely N-dealkylation sites (tertiary alicyclic amines) is 1. The van der Waals surface area contributed by atoms with E-state index in [9.17, 15) is 4.79 Å². The minimum atomic E-state index is -0.256. The second-order valence-electron chi connectivity index (χ2n) is 5.53. The summed E-state index contributed by atoms with van der Waals surface area (Å²) < 4.78 is 10.7. The molecule has 2 rings (SSSR count). The van der Waals surface area contributed by atoms with Crippen LogP contribution in [0.15, 0.2) is 24.3 Å². The Hall–Kier alpha value is -1.55. The predicted octanol–water partition coefficient (Wildman–Crippen LogP) is 3.00. The molecule has 1 saturated heterocycles. The van der Waals surface area contributed by atoms with Crippen LogP contribution < -0.4 is 4.74 Å². The largest absolute Gasteiger partial charge is 0.494 e. The molecular formula is C17H25NO3. The van der Waals surface area contributed by atoms with E-state index >= 15 is 0 Å². The van der Waals surface area contributed by atoms with Crippen LogP contribution in [0.4, 0.5) is 0 Å². The zero-order chi connectivity index (χ0) is 14.9. The Kier molecular flexibility index (Phi) is 6.54. The Morgan fingerprint density at radius 3 is 2.52 bits per heavy atom. The van der Waals surface area contributed by atoms with Crippen molar-refractivity contribution in [2.24, 2.45) is 0 Å². The summed E-state index contributed by atoms with van der Waals surface area (Å²) in [6, 6.07) is 7.73. The summed E-state index contributed by atoms with van der Waals surface area (Å²) in [5, 5.41) is 0. The van der Waals surface area contributed by atoms with Gasteiger partial charge < -0.3 is 14.4 Å². The summed E-state index contributed by atoms with van der Waals surface area (Å²) in [7, 11) is 0. The van der Waals surface area contributed by atoms with Crippen molar-refractivity contribution < 1.29 is 14.3 Å². The number of piperidine rings is 1. The third kappa shape index (κ3) is 6.17. The number of carbonyl (C=O) groups excluding carboxylic acids is 1. The van der Waals surface area contributed by atoms with Crippen molar-refractivity contribution in [3.8, 4) is 5.75 Å². The van der Waals surface area contributed by atoms with Crippen LogP contribution in [0, 0.1) is 0 Å². The number of carbonyl (C=O) groups is 1. The molecule has 1 heterocycles. The van der Waals surface area contributed by atoms with Crippen LogP contribution in [-0.4, -0.2) is 37.1 Å². The van der Waals surface area contributed by atoms with Gasteiger partial charge in [0.05, 0.1) is 6.61 Å². The SMILES string of the molecule is CC(=O)OCc1ccc(OCCCN2CCCCC2)cc1. The van der Waals surface area contributed by atoms with Gasteiger partial charge in [-0.3, -0.25) is 4.79 Å². The quantitative estimate of drug-likeness (QED) is 0.572. The van der Waals surface area contributed by atoms with Crippen LogP contribution in [0.2, 0.25) is 0 Å². The van der Waals surface area contributed by atoms with Crippen molar-refractivity contribution in [3.63, 3.8) is 0 Å². The Labute approximate surface area is 127 Å². The summed E-state index contributed by atoms with van der Waals surface area (Å²) in [6.07, 6.45) is 5.12. The first-order valence-corrected chi connectivity index (χ1v) is 7.81. The van der Waals surface area contributed by atoms with E-state index < -0.39 is 0 Å². The molecule has 0 atom stereocenters. The van der Waals surface area contributed by atoms with Gasteiger partial charge in [0, 0.05) is 13.5 Å². The lowest BCUT2D eigenvalue weighted by molar-refractivity contribution is -0.142. The molecule has 0 bridgehead atoms. The highest BCUT2D eigenvalue weighted by Gasteiger charge is 2.08. The molecular weight excluding hydrogens is 266 g/mol. The molecule has 21 heavy (non-hydrogen) atoms. The molecule has 1 aliphatic rings. The standard InChI is InChI=1S/C17H25NO3/c1-15(19)21-14-16-6-8-17(9-7-16)20-13-5-12-18-10-3-2-4-11-18/h6-9H,2-5,10-14H2,1H3. The zero-order valence-electron chi connectivity index (χ0n) is 12.8. The van der Waals surface area contributed by atoms with Crippen LogP contribution in [0.25, 0.3) is 0 Å².